The van der Waals surface area contributed by atoms with Gasteiger partial charge in [-0.2, -0.15) is 0 Å². The second-order valence-electron chi connectivity index (χ2n) is 3.79. The van der Waals surface area contributed by atoms with E-state index < -0.39 is 16.4 Å². The normalized spacial score (nSPS) is 29.6. The lowest BCUT2D eigenvalue weighted by Gasteiger charge is -2.28. The molecule has 2 aliphatic rings. The molecule has 19 heavy (non-hydrogen) atoms. The minimum absolute atomic E-state index is 0.0688. The van der Waals surface area contributed by atoms with E-state index in [4.69, 9.17) is 21.2 Å². The van der Waals surface area contributed by atoms with Crippen LogP contribution in [0.4, 0.5) is 0 Å². The standard InChI is InChI=1S/C11H8Br2ClNO4/c1-2-18-10(17)8-9(13)11(19-15-8)4-5(12)6(16)3-7(11)14/h3-4,9H,2H2,1H3/t9-,11+/m1/s1. The molecule has 0 bridgehead atoms. The number of carbonyl (C=O) groups excluding carboxylic acids is 2. The zero-order valence-electron chi connectivity index (χ0n) is 9.65. The van der Waals surface area contributed by atoms with Crippen LogP contribution in [0.3, 0.4) is 0 Å². The maximum atomic E-state index is 11.7. The molecule has 0 aromatic rings. The van der Waals surface area contributed by atoms with Gasteiger partial charge in [-0.05, 0) is 28.9 Å². The van der Waals surface area contributed by atoms with Crippen molar-refractivity contribution < 1.29 is 19.2 Å². The van der Waals surface area contributed by atoms with E-state index >= 15 is 0 Å². The number of ketones is 1. The van der Waals surface area contributed by atoms with Gasteiger partial charge in [-0.15, -0.1) is 0 Å². The van der Waals surface area contributed by atoms with Gasteiger partial charge in [-0.25, -0.2) is 4.79 Å². The molecule has 0 fully saturated rings. The van der Waals surface area contributed by atoms with Crippen LogP contribution in [0.5, 0.6) is 0 Å². The van der Waals surface area contributed by atoms with E-state index in [-0.39, 0.29) is 23.1 Å². The van der Waals surface area contributed by atoms with Crippen molar-refractivity contribution in [3.05, 3.63) is 21.7 Å². The van der Waals surface area contributed by atoms with E-state index in [2.05, 4.69) is 37.0 Å². The van der Waals surface area contributed by atoms with E-state index in [9.17, 15) is 9.59 Å². The van der Waals surface area contributed by atoms with Crippen LogP contribution in [0.1, 0.15) is 6.92 Å². The average molecular weight is 413 g/mol. The van der Waals surface area contributed by atoms with Crippen LogP contribution < -0.4 is 0 Å². The molecule has 2 rings (SSSR count). The summed E-state index contributed by atoms with van der Waals surface area (Å²) in [5.41, 5.74) is -1.13. The summed E-state index contributed by atoms with van der Waals surface area (Å²) in [5, 5.41) is 3.86. The first-order valence-corrected chi connectivity index (χ1v) is 7.38. The first-order chi connectivity index (χ1) is 8.92. The first kappa shape index (κ1) is 14.7. The highest BCUT2D eigenvalue weighted by Crippen LogP contribution is 2.43. The van der Waals surface area contributed by atoms with Gasteiger partial charge in [0.1, 0.15) is 4.83 Å². The number of oxime groups is 1. The van der Waals surface area contributed by atoms with Crippen LogP contribution in [0.2, 0.25) is 0 Å². The van der Waals surface area contributed by atoms with Gasteiger partial charge in [0.15, 0.2) is 11.5 Å². The zero-order chi connectivity index (χ0) is 14.2. The molecule has 0 aromatic heterocycles. The number of halogens is 3. The molecule has 1 spiro atoms. The minimum Gasteiger partial charge on any atom is -0.461 e. The molecule has 1 aliphatic heterocycles. The molecule has 8 heteroatoms. The van der Waals surface area contributed by atoms with Gasteiger partial charge in [0.05, 0.1) is 16.1 Å². The Hall–Kier alpha value is -0.660. The van der Waals surface area contributed by atoms with Gasteiger partial charge in [0, 0.05) is 6.08 Å². The van der Waals surface area contributed by atoms with Gasteiger partial charge in [-0.1, -0.05) is 32.7 Å². The molecule has 102 valence electrons. The Morgan fingerprint density at radius 3 is 3.00 bits per heavy atom. The number of hydrogen-bond donors (Lipinski definition) is 0. The van der Waals surface area contributed by atoms with Crippen molar-refractivity contribution in [1.82, 2.24) is 0 Å². The van der Waals surface area contributed by atoms with Crippen LogP contribution >= 0.6 is 43.5 Å². The number of rotatable bonds is 2. The van der Waals surface area contributed by atoms with Gasteiger partial charge >= 0.3 is 5.97 Å². The number of nitrogens with zero attached hydrogens (tertiary/aromatic N) is 1. The van der Waals surface area contributed by atoms with Crippen LogP contribution in [-0.4, -0.2) is 34.5 Å². The van der Waals surface area contributed by atoms with Gasteiger partial charge in [0.2, 0.25) is 5.60 Å². The number of allylic oxidation sites excluding steroid dienone is 2. The summed E-state index contributed by atoms with van der Waals surface area (Å²) in [6.45, 7) is 1.92. The van der Waals surface area contributed by atoms with Crippen molar-refractivity contribution in [1.29, 1.82) is 0 Å². The lowest BCUT2D eigenvalue weighted by Crippen LogP contribution is -2.43. The van der Waals surface area contributed by atoms with E-state index in [0.717, 1.165) is 0 Å². The van der Waals surface area contributed by atoms with Crippen LogP contribution in [0.25, 0.3) is 0 Å². The van der Waals surface area contributed by atoms with E-state index in [1.165, 1.54) is 12.2 Å². The fourth-order valence-electron chi connectivity index (χ4n) is 1.66. The number of ether oxygens (including phenoxy) is 1. The van der Waals surface area contributed by atoms with E-state index in [1.807, 2.05) is 0 Å². The highest BCUT2D eigenvalue weighted by atomic mass is 79.9. The predicted molar refractivity (Wildman–Crippen MR) is 76.6 cm³/mol. The fourth-order valence-corrected chi connectivity index (χ4v) is 3.27. The van der Waals surface area contributed by atoms with Crippen molar-refractivity contribution in [2.75, 3.05) is 6.61 Å². The Balaban J connectivity index is 2.33. The van der Waals surface area contributed by atoms with Crippen LogP contribution in [-0.2, 0) is 19.2 Å². The molecule has 0 N–H and O–H groups in total. The largest absolute Gasteiger partial charge is 0.461 e. The number of esters is 1. The molecule has 5 nitrogen and oxygen atoms in total. The Kier molecular flexibility index (Phi) is 4.17. The Morgan fingerprint density at radius 2 is 2.37 bits per heavy atom. The lowest BCUT2D eigenvalue weighted by atomic mass is 9.91. The molecule has 0 unspecified atom stereocenters. The number of carbonyl (C=O) groups is 2. The summed E-state index contributed by atoms with van der Waals surface area (Å²) in [5.74, 6) is -0.865. The third-order valence-electron chi connectivity index (χ3n) is 2.60. The quantitative estimate of drug-likeness (QED) is 0.515. The molecule has 1 aliphatic carbocycles. The summed E-state index contributed by atoms with van der Waals surface area (Å²) in [6.07, 6.45) is 2.70. The maximum Gasteiger partial charge on any atom is 0.357 e. The fraction of sp³-hybridized carbons (Fsp3) is 0.364. The third-order valence-corrected chi connectivity index (χ3v) is 4.74. The highest BCUT2D eigenvalue weighted by Gasteiger charge is 2.53. The van der Waals surface area contributed by atoms with Crippen LogP contribution in [0, 0.1) is 0 Å². The van der Waals surface area contributed by atoms with Crippen molar-refractivity contribution >= 4 is 60.9 Å². The topological polar surface area (TPSA) is 65.0 Å². The maximum absolute atomic E-state index is 11.7. The third kappa shape index (κ3) is 2.39. The SMILES string of the molecule is CCOC(=O)C1=NO[C@]2(C=C(Br)C(=O)C=C2Cl)[C@@H]1Br. The summed E-state index contributed by atoms with van der Waals surface area (Å²) in [7, 11) is 0. The molecule has 1 heterocycles. The molecular formula is C11H8Br2ClNO4. The molecular weight excluding hydrogens is 405 g/mol. The van der Waals surface area contributed by atoms with Crippen LogP contribution in [0.15, 0.2) is 26.8 Å². The van der Waals surface area contributed by atoms with E-state index in [1.54, 1.807) is 6.92 Å². The molecule has 0 saturated carbocycles. The van der Waals surface area contributed by atoms with Crippen molar-refractivity contribution in [3.8, 4) is 0 Å². The monoisotopic (exact) mass is 411 g/mol. The number of alkyl halides is 1. The lowest BCUT2D eigenvalue weighted by molar-refractivity contribution is -0.135. The second-order valence-corrected chi connectivity index (χ2v) is 5.97. The predicted octanol–water partition coefficient (Wildman–Crippen LogP) is 2.42. The summed E-state index contributed by atoms with van der Waals surface area (Å²) in [6, 6.07) is 0. The van der Waals surface area contributed by atoms with Crippen molar-refractivity contribution in [3.63, 3.8) is 0 Å². The van der Waals surface area contributed by atoms with Gasteiger partial charge < -0.3 is 9.57 Å². The second kappa shape index (κ2) is 5.38. The molecule has 0 aromatic carbocycles. The smallest absolute Gasteiger partial charge is 0.357 e. The van der Waals surface area contributed by atoms with Gasteiger partial charge in [0.25, 0.3) is 0 Å². The Labute approximate surface area is 130 Å². The number of hydrogen-bond acceptors (Lipinski definition) is 5. The first-order valence-electron chi connectivity index (χ1n) is 5.30. The minimum atomic E-state index is -1.20. The Bertz CT molecular complexity index is 543. The van der Waals surface area contributed by atoms with Crippen molar-refractivity contribution in [2.24, 2.45) is 5.16 Å². The highest BCUT2D eigenvalue weighted by molar-refractivity contribution is 9.12. The van der Waals surface area contributed by atoms with E-state index in [0.29, 0.717) is 4.48 Å². The van der Waals surface area contributed by atoms with Crippen molar-refractivity contribution in [2.45, 2.75) is 17.4 Å². The summed E-state index contributed by atoms with van der Waals surface area (Å²) in [4.78, 5) is 27.9. The van der Waals surface area contributed by atoms with Gasteiger partial charge in [-0.3, -0.25) is 4.79 Å². The summed E-state index contributed by atoms with van der Waals surface area (Å²) >= 11 is 12.5. The summed E-state index contributed by atoms with van der Waals surface area (Å²) < 4.78 is 5.16. The Morgan fingerprint density at radius 1 is 1.68 bits per heavy atom. The molecule has 0 saturated heterocycles. The average Bonchev–Trinajstić information content (AvgIpc) is 2.66. The molecule has 0 radical (unpaired) electrons. The zero-order valence-corrected chi connectivity index (χ0v) is 13.6. The molecule has 0 amide bonds. The molecule has 2 atom stereocenters.